The first-order valence-corrected chi connectivity index (χ1v) is 9.33. The molecule has 1 aromatic rings. The first-order valence-electron chi connectivity index (χ1n) is 9.33. The average Bonchev–Trinajstić information content (AvgIpc) is 3.11. The quantitative estimate of drug-likeness (QED) is 0.514. The zero-order valence-corrected chi connectivity index (χ0v) is 16.4. The number of urea groups is 1. The van der Waals surface area contributed by atoms with E-state index in [0.717, 1.165) is 16.9 Å². The summed E-state index contributed by atoms with van der Waals surface area (Å²) < 4.78 is 16.3. The van der Waals surface area contributed by atoms with Crippen molar-refractivity contribution in [2.45, 2.75) is 33.3 Å². The summed E-state index contributed by atoms with van der Waals surface area (Å²) in [7, 11) is 0. The van der Waals surface area contributed by atoms with Crippen molar-refractivity contribution in [1.82, 2.24) is 10.2 Å². The van der Waals surface area contributed by atoms with Crippen LogP contribution in [0.2, 0.25) is 0 Å². The molecule has 0 radical (unpaired) electrons. The van der Waals surface area contributed by atoms with Gasteiger partial charge in [0, 0.05) is 19.2 Å². The first-order chi connectivity index (χ1) is 13.5. The van der Waals surface area contributed by atoms with E-state index in [9.17, 15) is 14.4 Å². The van der Waals surface area contributed by atoms with E-state index in [1.54, 1.807) is 24.3 Å². The van der Waals surface area contributed by atoms with E-state index in [4.69, 9.17) is 14.2 Å². The van der Waals surface area contributed by atoms with Crippen LogP contribution in [0.1, 0.15) is 32.8 Å². The molecule has 0 bridgehead atoms. The molecule has 0 unspecified atom stereocenters. The summed E-state index contributed by atoms with van der Waals surface area (Å²) in [6.07, 6.45) is 2.62. The smallest absolute Gasteiger partial charge is 0.331 e. The highest BCUT2D eigenvalue weighted by molar-refractivity contribution is 5.99. The van der Waals surface area contributed by atoms with E-state index in [-0.39, 0.29) is 6.54 Å². The van der Waals surface area contributed by atoms with Crippen molar-refractivity contribution < 1.29 is 28.6 Å². The number of nitrogens with zero attached hydrogens (tertiary/aromatic N) is 1. The molecule has 0 saturated carbocycles. The summed E-state index contributed by atoms with van der Waals surface area (Å²) in [6, 6.07) is 4.86. The molecule has 1 atom stereocenters. The Balaban J connectivity index is 1.97. The molecular weight excluding hydrogens is 364 g/mol. The predicted molar refractivity (Wildman–Crippen MR) is 103 cm³/mol. The van der Waals surface area contributed by atoms with Gasteiger partial charge in [-0.05, 0) is 44.0 Å². The molecule has 1 heterocycles. The second-order valence-corrected chi connectivity index (χ2v) is 6.12. The molecule has 8 heteroatoms. The lowest BCUT2D eigenvalue weighted by molar-refractivity contribution is -0.153. The number of carbonyl (C=O) groups is 3. The van der Waals surface area contributed by atoms with Gasteiger partial charge in [-0.1, -0.05) is 13.0 Å². The summed E-state index contributed by atoms with van der Waals surface area (Å²) in [4.78, 5) is 36.7. The summed E-state index contributed by atoms with van der Waals surface area (Å²) in [5.41, 5.74) is 0.724. The van der Waals surface area contributed by atoms with Crippen molar-refractivity contribution in [2.75, 3.05) is 26.3 Å². The van der Waals surface area contributed by atoms with Crippen molar-refractivity contribution in [3.8, 4) is 11.5 Å². The van der Waals surface area contributed by atoms with Gasteiger partial charge < -0.3 is 19.5 Å². The van der Waals surface area contributed by atoms with Crippen LogP contribution in [0, 0.1) is 0 Å². The standard InChI is InChI=1S/C20H26N2O6/c1-4-12-27-16-8-6-15(13-17(16)26-5-2)7-9-18(23)28-14(3)19(24)22-11-10-21-20(22)25/h6-9,13-14H,4-5,10-12H2,1-3H3,(H,21,25)/b9-7+/t14-/m1/s1. The fraction of sp³-hybridized carbons (Fsp3) is 0.450. The lowest BCUT2D eigenvalue weighted by atomic mass is 10.2. The number of hydrogen-bond acceptors (Lipinski definition) is 6. The highest BCUT2D eigenvalue weighted by atomic mass is 16.5. The molecule has 1 aliphatic heterocycles. The number of nitrogens with one attached hydrogen (secondary N) is 1. The van der Waals surface area contributed by atoms with E-state index in [0.29, 0.717) is 31.3 Å². The molecule has 2 rings (SSSR count). The van der Waals surface area contributed by atoms with Gasteiger partial charge in [0.2, 0.25) is 0 Å². The van der Waals surface area contributed by atoms with Gasteiger partial charge in [0.25, 0.3) is 5.91 Å². The third-order valence-corrected chi connectivity index (χ3v) is 3.90. The van der Waals surface area contributed by atoms with Gasteiger partial charge in [0.05, 0.1) is 13.2 Å². The summed E-state index contributed by atoms with van der Waals surface area (Å²) in [5.74, 6) is 0.0131. The van der Waals surface area contributed by atoms with Crippen LogP contribution in [0.15, 0.2) is 24.3 Å². The van der Waals surface area contributed by atoms with Crippen LogP contribution < -0.4 is 14.8 Å². The third-order valence-electron chi connectivity index (χ3n) is 3.90. The predicted octanol–water partition coefficient (Wildman–Crippen LogP) is 2.37. The molecule has 1 saturated heterocycles. The number of amides is 3. The molecule has 0 spiro atoms. The van der Waals surface area contributed by atoms with Gasteiger partial charge in [0.15, 0.2) is 17.6 Å². The van der Waals surface area contributed by atoms with Crippen LogP contribution in [0.3, 0.4) is 0 Å². The molecule has 0 aliphatic carbocycles. The molecule has 0 aromatic heterocycles. The van der Waals surface area contributed by atoms with Crippen LogP contribution in [0.25, 0.3) is 6.08 Å². The Morgan fingerprint density at radius 1 is 1.25 bits per heavy atom. The van der Waals surface area contributed by atoms with Crippen LogP contribution in [0.4, 0.5) is 4.79 Å². The average molecular weight is 390 g/mol. The molecule has 152 valence electrons. The minimum atomic E-state index is -1.05. The SMILES string of the molecule is CCCOc1ccc(/C=C/C(=O)O[C@H](C)C(=O)N2CCNC2=O)cc1OCC. The van der Waals surface area contributed by atoms with Gasteiger partial charge in [0.1, 0.15) is 0 Å². The van der Waals surface area contributed by atoms with E-state index >= 15 is 0 Å². The van der Waals surface area contributed by atoms with Gasteiger partial charge >= 0.3 is 12.0 Å². The van der Waals surface area contributed by atoms with Crippen LogP contribution in [0.5, 0.6) is 11.5 Å². The third kappa shape index (κ3) is 5.73. The second kappa shape index (κ2) is 10.3. The van der Waals surface area contributed by atoms with E-state index in [2.05, 4.69) is 5.32 Å². The molecule has 3 amide bonds. The Bertz CT molecular complexity index is 746. The van der Waals surface area contributed by atoms with Gasteiger partial charge in [-0.2, -0.15) is 0 Å². The Morgan fingerprint density at radius 2 is 2.04 bits per heavy atom. The minimum absolute atomic E-state index is 0.266. The Morgan fingerprint density at radius 3 is 2.68 bits per heavy atom. The lowest BCUT2D eigenvalue weighted by Crippen LogP contribution is -2.41. The molecule has 28 heavy (non-hydrogen) atoms. The molecular formula is C20H26N2O6. The highest BCUT2D eigenvalue weighted by Crippen LogP contribution is 2.29. The lowest BCUT2D eigenvalue weighted by Gasteiger charge is -2.17. The summed E-state index contributed by atoms with van der Waals surface area (Å²) >= 11 is 0. The Hall–Kier alpha value is -3.03. The van der Waals surface area contributed by atoms with E-state index in [1.165, 1.54) is 13.0 Å². The minimum Gasteiger partial charge on any atom is -0.490 e. The maximum absolute atomic E-state index is 12.1. The van der Waals surface area contributed by atoms with Crippen LogP contribution in [-0.4, -0.2) is 55.2 Å². The number of carbonyl (C=O) groups excluding carboxylic acids is 3. The molecule has 8 nitrogen and oxygen atoms in total. The summed E-state index contributed by atoms with van der Waals surface area (Å²) in [5, 5.41) is 2.53. The topological polar surface area (TPSA) is 94.2 Å². The van der Waals surface area contributed by atoms with E-state index < -0.39 is 24.0 Å². The number of imide groups is 1. The van der Waals surface area contributed by atoms with Gasteiger partial charge in [-0.25, -0.2) is 9.59 Å². The van der Waals surface area contributed by atoms with Crippen molar-refractivity contribution in [1.29, 1.82) is 0 Å². The molecule has 1 aliphatic rings. The zero-order valence-electron chi connectivity index (χ0n) is 16.4. The van der Waals surface area contributed by atoms with Gasteiger partial charge in [-0.15, -0.1) is 0 Å². The molecule has 1 N–H and O–H groups in total. The monoisotopic (exact) mass is 390 g/mol. The Kier molecular flexibility index (Phi) is 7.86. The maximum atomic E-state index is 12.1. The maximum Gasteiger partial charge on any atom is 0.331 e. The second-order valence-electron chi connectivity index (χ2n) is 6.12. The van der Waals surface area contributed by atoms with Crippen molar-refractivity contribution in [2.24, 2.45) is 0 Å². The van der Waals surface area contributed by atoms with Crippen LogP contribution >= 0.6 is 0 Å². The fourth-order valence-electron chi connectivity index (χ4n) is 2.56. The zero-order chi connectivity index (χ0) is 20.5. The number of ether oxygens (including phenoxy) is 3. The number of hydrogen-bond donors (Lipinski definition) is 1. The first kappa shape index (κ1) is 21.3. The molecule has 1 fully saturated rings. The van der Waals surface area contributed by atoms with Crippen molar-refractivity contribution in [3.63, 3.8) is 0 Å². The fourth-order valence-corrected chi connectivity index (χ4v) is 2.56. The molecule has 1 aromatic carbocycles. The van der Waals surface area contributed by atoms with Crippen molar-refractivity contribution >= 4 is 24.0 Å². The largest absolute Gasteiger partial charge is 0.490 e. The Labute approximate surface area is 164 Å². The van der Waals surface area contributed by atoms with E-state index in [1.807, 2.05) is 13.8 Å². The van der Waals surface area contributed by atoms with Gasteiger partial charge in [-0.3, -0.25) is 9.69 Å². The van der Waals surface area contributed by atoms with Crippen LogP contribution in [-0.2, 0) is 14.3 Å². The number of benzene rings is 1. The number of rotatable bonds is 9. The van der Waals surface area contributed by atoms with Crippen molar-refractivity contribution in [3.05, 3.63) is 29.8 Å². The number of esters is 1. The summed E-state index contributed by atoms with van der Waals surface area (Å²) in [6.45, 7) is 7.07. The highest BCUT2D eigenvalue weighted by Gasteiger charge is 2.31. The normalized spacial score (nSPS) is 14.7.